The lowest BCUT2D eigenvalue weighted by Crippen LogP contribution is -2.36. The first-order valence-corrected chi connectivity index (χ1v) is 16.6. The maximum absolute atomic E-state index is 12.2. The highest BCUT2D eigenvalue weighted by Crippen LogP contribution is 2.76. The van der Waals surface area contributed by atoms with Crippen LogP contribution in [0.2, 0.25) is 0 Å². The Morgan fingerprint density at radius 1 is 1.17 bits per heavy atom. The van der Waals surface area contributed by atoms with Crippen LogP contribution in [0.5, 0.6) is 0 Å². The van der Waals surface area contributed by atoms with Gasteiger partial charge in [-0.15, -0.1) is 11.8 Å². The highest BCUT2D eigenvalue weighted by atomic mass is 32.2. The Hall–Kier alpha value is -2.83. The van der Waals surface area contributed by atoms with E-state index in [9.17, 15) is 19.6 Å². The molecule has 1 saturated heterocycles. The smallest absolute Gasteiger partial charge is 0.262 e. The third-order valence-electron chi connectivity index (χ3n) is 8.38. The summed E-state index contributed by atoms with van der Waals surface area (Å²) in [6, 6.07) is 9.88. The molecule has 3 amide bonds. The van der Waals surface area contributed by atoms with Gasteiger partial charge >= 0.3 is 0 Å². The lowest BCUT2D eigenvalue weighted by molar-refractivity contribution is -0.120. The molecule has 42 heavy (non-hydrogen) atoms. The first-order valence-electron chi connectivity index (χ1n) is 15.6. The Bertz CT molecular complexity index is 1130. The van der Waals surface area contributed by atoms with Crippen LogP contribution in [0.3, 0.4) is 0 Å². The van der Waals surface area contributed by atoms with Crippen molar-refractivity contribution in [2.24, 2.45) is 17.8 Å². The second-order valence-electron chi connectivity index (χ2n) is 11.1. The van der Waals surface area contributed by atoms with Gasteiger partial charge in [0.05, 0.1) is 5.25 Å². The number of piperidine rings is 1. The van der Waals surface area contributed by atoms with E-state index in [0.717, 1.165) is 25.3 Å². The van der Waals surface area contributed by atoms with Crippen LogP contribution in [0.25, 0.3) is 0 Å². The number of benzene rings is 1. The number of amides is 3. The Balaban J connectivity index is 0.000000774. The zero-order valence-electron chi connectivity index (χ0n) is 26.6. The number of likely N-dealkylation sites (tertiary alicyclic amines) is 1. The number of hydrogen-bond acceptors (Lipinski definition) is 6. The maximum atomic E-state index is 12.2. The normalized spacial score (nSPS) is 24.6. The molecule has 3 fully saturated rings. The van der Waals surface area contributed by atoms with Gasteiger partial charge in [-0.05, 0) is 87.1 Å². The number of hydrogen-bond donors (Lipinski definition) is 3. The molecule has 0 radical (unpaired) electrons. The molecular weight excluding hydrogens is 546 g/mol. The van der Waals surface area contributed by atoms with Crippen molar-refractivity contribution in [1.29, 1.82) is 5.26 Å². The molecule has 3 aliphatic rings. The fraction of sp³-hybridized carbons (Fsp3) is 0.636. The van der Waals surface area contributed by atoms with Crippen molar-refractivity contribution in [3.8, 4) is 6.07 Å². The van der Waals surface area contributed by atoms with Gasteiger partial charge in [-0.25, -0.2) is 0 Å². The molecule has 236 valence electrons. The van der Waals surface area contributed by atoms with Crippen LogP contribution in [-0.2, 0) is 14.4 Å². The molecule has 2 saturated carbocycles. The molecule has 1 aromatic carbocycles. The second kappa shape index (κ2) is 17.3. The third kappa shape index (κ3) is 9.60. The number of nitrogens with one attached hydrogen (secondary N) is 3. The molecular formula is C33H55N5O3S. The molecule has 9 heteroatoms. The minimum atomic E-state index is -0.320. The van der Waals surface area contributed by atoms with Crippen LogP contribution in [-0.4, -0.2) is 59.6 Å². The summed E-state index contributed by atoms with van der Waals surface area (Å²) in [4.78, 5) is 38.3. The van der Waals surface area contributed by atoms with Crippen molar-refractivity contribution in [3.05, 3.63) is 40.8 Å². The number of nitriles is 1. The number of anilines is 1. The molecule has 0 aromatic heterocycles. The van der Waals surface area contributed by atoms with Gasteiger partial charge in [0.25, 0.3) is 5.91 Å². The van der Waals surface area contributed by atoms with Gasteiger partial charge < -0.3 is 20.9 Å². The number of nitrogens with zero attached hydrogens (tertiary/aromatic N) is 2. The van der Waals surface area contributed by atoms with E-state index >= 15 is 0 Å². The van der Waals surface area contributed by atoms with Crippen molar-refractivity contribution >= 4 is 35.2 Å². The summed E-state index contributed by atoms with van der Waals surface area (Å²) in [5, 5.41) is 19.2. The zero-order valence-corrected chi connectivity index (χ0v) is 27.4. The number of fused-ring (bicyclic) bond motifs is 1. The van der Waals surface area contributed by atoms with Crippen LogP contribution in [0.15, 0.2) is 35.2 Å². The van der Waals surface area contributed by atoms with Crippen LogP contribution in [0, 0.1) is 36.0 Å². The van der Waals surface area contributed by atoms with E-state index < -0.39 is 0 Å². The topological polar surface area (TPSA) is 114 Å². The van der Waals surface area contributed by atoms with E-state index in [4.69, 9.17) is 0 Å². The van der Waals surface area contributed by atoms with Gasteiger partial charge in [0.15, 0.2) is 0 Å². The zero-order chi connectivity index (χ0) is 31.3. The molecule has 0 bridgehead atoms. The summed E-state index contributed by atoms with van der Waals surface area (Å²) >= 11 is 1.23. The van der Waals surface area contributed by atoms with Gasteiger partial charge in [0.1, 0.15) is 11.6 Å². The van der Waals surface area contributed by atoms with Gasteiger partial charge in [-0.1, -0.05) is 53.2 Å². The number of carbonyl (C=O) groups excluding carboxylic acids is 3. The summed E-state index contributed by atoms with van der Waals surface area (Å²) in [6.07, 6.45) is 5.13. The lowest BCUT2D eigenvalue weighted by Gasteiger charge is -2.25. The van der Waals surface area contributed by atoms with E-state index in [0.29, 0.717) is 37.1 Å². The number of thioether (sulfide) groups is 1. The average molecular weight is 602 g/mol. The lowest BCUT2D eigenvalue weighted by atomic mass is 10.1. The minimum Gasteiger partial charge on any atom is -0.355 e. The first kappa shape index (κ1) is 35.4. The van der Waals surface area contributed by atoms with E-state index in [1.165, 1.54) is 42.0 Å². The Morgan fingerprint density at radius 3 is 2.36 bits per heavy atom. The predicted octanol–water partition coefficient (Wildman–Crippen LogP) is 6.14. The molecule has 4 rings (SSSR count). The van der Waals surface area contributed by atoms with Crippen molar-refractivity contribution in [2.75, 3.05) is 31.5 Å². The Morgan fingerprint density at radius 2 is 1.83 bits per heavy atom. The van der Waals surface area contributed by atoms with Gasteiger partial charge in [0, 0.05) is 33.6 Å². The molecule has 0 spiro atoms. The van der Waals surface area contributed by atoms with E-state index in [-0.39, 0.29) is 36.9 Å². The van der Waals surface area contributed by atoms with Crippen LogP contribution in [0.1, 0.15) is 82.1 Å². The highest BCUT2D eigenvalue weighted by Gasteiger charge is 2.83. The molecule has 1 aliphatic heterocycles. The molecule has 1 aromatic rings. The van der Waals surface area contributed by atoms with Crippen molar-refractivity contribution in [1.82, 2.24) is 15.5 Å². The molecule has 2 aliphatic carbocycles. The summed E-state index contributed by atoms with van der Waals surface area (Å²) < 4.78 is 0. The van der Waals surface area contributed by atoms with E-state index in [1.54, 1.807) is 0 Å². The first-order chi connectivity index (χ1) is 20.2. The Kier molecular flexibility index (Phi) is 14.6. The SMILES string of the molecule is CC.CCNC(=O)C(CC)S/C=C(/C#N)C(=O)NC12C(C)C1C2C.Cc1cccc(NC(=O)CCN2CCCCC2)c1.[HH].[HH]. The van der Waals surface area contributed by atoms with Gasteiger partial charge in [-0.2, -0.15) is 5.26 Å². The van der Waals surface area contributed by atoms with E-state index in [1.807, 2.05) is 65.0 Å². The Labute approximate surface area is 260 Å². The third-order valence-corrected chi connectivity index (χ3v) is 9.63. The van der Waals surface area contributed by atoms with Crippen molar-refractivity contribution < 1.29 is 17.2 Å². The predicted molar refractivity (Wildman–Crippen MR) is 177 cm³/mol. The van der Waals surface area contributed by atoms with Crippen molar-refractivity contribution in [3.63, 3.8) is 0 Å². The summed E-state index contributed by atoms with van der Waals surface area (Å²) in [5.41, 5.74) is 2.09. The fourth-order valence-corrected chi connectivity index (χ4v) is 6.71. The molecule has 8 nitrogen and oxygen atoms in total. The fourth-order valence-electron chi connectivity index (χ4n) is 5.85. The monoisotopic (exact) mass is 601 g/mol. The van der Waals surface area contributed by atoms with Gasteiger partial charge in [-0.3, -0.25) is 14.4 Å². The number of rotatable bonds is 11. The minimum absolute atomic E-state index is 0. The largest absolute Gasteiger partial charge is 0.355 e. The maximum Gasteiger partial charge on any atom is 0.262 e. The standard InChI is InChI=1S/C16H23N3O2S.C15H22N2O.C2H6.2H2/c1-5-12(15(21)18-6-2)22-8-11(7-17)14(20)19-16-9(3)13(16)10(16)4;1-13-6-5-7-14(12-13)16-15(18)8-11-17-9-3-2-4-10-17;1-2;;/h8-10,12-13H,5-6H2,1-4H3,(H,18,21)(H,19,20);5-7,12H,2-4,8-11H2,1H3,(H,16,18);1-2H3;2*1H/b11-8-;;;;. The quantitative estimate of drug-likeness (QED) is 0.207. The summed E-state index contributed by atoms with van der Waals surface area (Å²) in [5.74, 6) is 1.33. The van der Waals surface area contributed by atoms with Crippen LogP contribution >= 0.6 is 11.8 Å². The molecule has 3 N–H and O–H groups in total. The van der Waals surface area contributed by atoms with Gasteiger partial charge in [0.2, 0.25) is 11.8 Å². The second-order valence-corrected chi connectivity index (χ2v) is 12.2. The number of carbonyl (C=O) groups is 3. The molecule has 3 unspecified atom stereocenters. The van der Waals surface area contributed by atoms with Crippen LogP contribution < -0.4 is 16.0 Å². The average Bonchev–Trinajstić information content (AvgIpc) is 3.82. The summed E-state index contributed by atoms with van der Waals surface area (Å²) in [6.45, 7) is 17.8. The number of aryl methyl sites for hydroxylation is 1. The van der Waals surface area contributed by atoms with Crippen LogP contribution in [0.4, 0.5) is 5.69 Å². The molecule has 1 heterocycles. The van der Waals surface area contributed by atoms with Crippen molar-refractivity contribution in [2.45, 2.75) is 91.4 Å². The molecule has 3 atom stereocenters. The highest BCUT2D eigenvalue weighted by molar-refractivity contribution is 8.03. The van der Waals surface area contributed by atoms with E-state index in [2.05, 4.69) is 34.7 Å². The summed E-state index contributed by atoms with van der Waals surface area (Å²) in [7, 11) is 0.